The van der Waals surface area contributed by atoms with Gasteiger partial charge in [-0.05, 0) is 30.2 Å². The van der Waals surface area contributed by atoms with Gasteiger partial charge in [0.15, 0.2) is 0 Å². The quantitative estimate of drug-likeness (QED) is 0.569. The van der Waals surface area contributed by atoms with Crippen molar-refractivity contribution in [3.8, 4) is 16.8 Å². The lowest BCUT2D eigenvalue weighted by Gasteiger charge is -2.05. The van der Waals surface area contributed by atoms with E-state index < -0.39 is 0 Å². The maximum atomic E-state index is 4.50. The van der Waals surface area contributed by atoms with Crippen LogP contribution in [0, 0.1) is 6.92 Å². The standard InChI is InChI=1S/C20H18N4/c1-16-21-11-12-23(16)13-19-14-24(15-22-19)20-9-7-18(8-10-20)17-5-3-2-4-6-17/h2-12,14-15H,13H2,1H3. The third-order valence-corrected chi connectivity index (χ3v) is 4.16. The van der Waals surface area contributed by atoms with Crippen LogP contribution >= 0.6 is 0 Å². The number of hydrogen-bond acceptors (Lipinski definition) is 2. The largest absolute Gasteiger partial charge is 0.329 e. The Balaban J connectivity index is 1.55. The number of imidazole rings is 2. The van der Waals surface area contributed by atoms with Crippen molar-refractivity contribution in [2.24, 2.45) is 0 Å². The molecule has 0 N–H and O–H groups in total. The number of rotatable bonds is 4. The number of nitrogens with zero attached hydrogens (tertiary/aromatic N) is 4. The summed E-state index contributed by atoms with van der Waals surface area (Å²) in [5.41, 5.74) is 4.57. The zero-order valence-corrected chi connectivity index (χ0v) is 13.5. The lowest BCUT2D eigenvalue weighted by molar-refractivity contribution is 0.746. The molecule has 2 heterocycles. The highest BCUT2D eigenvalue weighted by molar-refractivity contribution is 5.64. The number of benzene rings is 2. The van der Waals surface area contributed by atoms with Gasteiger partial charge in [0.2, 0.25) is 0 Å². The normalized spacial score (nSPS) is 10.9. The SMILES string of the molecule is Cc1nccn1Cc1cn(-c2ccc(-c3ccccc3)cc2)cn1. The third kappa shape index (κ3) is 2.86. The van der Waals surface area contributed by atoms with Crippen molar-refractivity contribution >= 4 is 0 Å². The molecular weight excluding hydrogens is 296 g/mol. The smallest absolute Gasteiger partial charge is 0.105 e. The van der Waals surface area contributed by atoms with Gasteiger partial charge in [-0.25, -0.2) is 9.97 Å². The van der Waals surface area contributed by atoms with Crippen LogP contribution in [0.15, 0.2) is 79.5 Å². The zero-order chi connectivity index (χ0) is 16.4. The van der Waals surface area contributed by atoms with Gasteiger partial charge in [-0.2, -0.15) is 0 Å². The first-order chi connectivity index (χ1) is 11.8. The summed E-state index contributed by atoms with van der Waals surface area (Å²) in [6, 6.07) is 18.9. The molecule has 0 radical (unpaired) electrons. The van der Waals surface area contributed by atoms with Crippen molar-refractivity contribution in [1.82, 2.24) is 19.1 Å². The van der Waals surface area contributed by atoms with Gasteiger partial charge in [0.1, 0.15) is 5.82 Å². The van der Waals surface area contributed by atoms with Crippen LogP contribution in [0.5, 0.6) is 0 Å². The maximum absolute atomic E-state index is 4.50. The molecule has 0 fully saturated rings. The van der Waals surface area contributed by atoms with E-state index in [1.165, 1.54) is 11.1 Å². The second-order valence-corrected chi connectivity index (χ2v) is 5.79. The van der Waals surface area contributed by atoms with Crippen molar-refractivity contribution in [1.29, 1.82) is 0 Å². The van der Waals surface area contributed by atoms with Gasteiger partial charge in [-0.15, -0.1) is 0 Å². The molecule has 0 amide bonds. The predicted molar refractivity (Wildman–Crippen MR) is 95.1 cm³/mol. The summed E-state index contributed by atoms with van der Waals surface area (Å²) in [6.45, 7) is 2.74. The van der Waals surface area contributed by atoms with E-state index in [4.69, 9.17) is 0 Å². The molecule has 4 rings (SSSR count). The average molecular weight is 314 g/mol. The fourth-order valence-electron chi connectivity index (χ4n) is 2.79. The first-order valence-electron chi connectivity index (χ1n) is 7.96. The molecule has 0 aliphatic rings. The Morgan fingerprint density at radius 2 is 1.62 bits per heavy atom. The minimum atomic E-state index is 0.737. The van der Waals surface area contributed by atoms with Crippen LogP contribution in [0.25, 0.3) is 16.8 Å². The van der Waals surface area contributed by atoms with Crippen molar-refractivity contribution < 1.29 is 0 Å². The molecular formula is C20H18N4. The average Bonchev–Trinajstić information content (AvgIpc) is 3.26. The Kier molecular flexibility index (Phi) is 3.71. The molecule has 24 heavy (non-hydrogen) atoms. The predicted octanol–water partition coefficient (Wildman–Crippen LogP) is 4.09. The Morgan fingerprint density at radius 1 is 0.875 bits per heavy atom. The van der Waals surface area contributed by atoms with E-state index in [9.17, 15) is 0 Å². The van der Waals surface area contributed by atoms with E-state index in [-0.39, 0.29) is 0 Å². The Bertz CT molecular complexity index is 933. The van der Waals surface area contributed by atoms with Crippen LogP contribution in [0.4, 0.5) is 0 Å². The molecule has 4 nitrogen and oxygen atoms in total. The minimum Gasteiger partial charge on any atom is -0.329 e. The zero-order valence-electron chi connectivity index (χ0n) is 13.5. The second kappa shape index (κ2) is 6.16. The summed E-state index contributed by atoms with van der Waals surface area (Å²) in [7, 11) is 0. The van der Waals surface area contributed by atoms with Gasteiger partial charge < -0.3 is 9.13 Å². The van der Waals surface area contributed by atoms with Crippen molar-refractivity contribution in [2.45, 2.75) is 13.5 Å². The monoisotopic (exact) mass is 314 g/mol. The van der Waals surface area contributed by atoms with Gasteiger partial charge in [-0.3, -0.25) is 0 Å². The van der Waals surface area contributed by atoms with Gasteiger partial charge in [0.25, 0.3) is 0 Å². The number of aryl methyl sites for hydroxylation is 1. The summed E-state index contributed by atoms with van der Waals surface area (Å²) in [5.74, 6) is 0.997. The molecule has 2 aromatic heterocycles. The van der Waals surface area contributed by atoms with E-state index >= 15 is 0 Å². The Hall–Kier alpha value is -3.14. The summed E-state index contributed by atoms with van der Waals surface area (Å²) >= 11 is 0. The van der Waals surface area contributed by atoms with Crippen LogP contribution in [-0.4, -0.2) is 19.1 Å². The molecule has 0 saturated heterocycles. The van der Waals surface area contributed by atoms with Gasteiger partial charge in [-0.1, -0.05) is 42.5 Å². The van der Waals surface area contributed by atoms with Gasteiger partial charge in [0.05, 0.1) is 18.6 Å². The lowest BCUT2D eigenvalue weighted by Crippen LogP contribution is -2.00. The van der Waals surface area contributed by atoms with Crippen molar-refractivity contribution in [2.75, 3.05) is 0 Å². The first-order valence-corrected chi connectivity index (χ1v) is 7.96. The minimum absolute atomic E-state index is 0.737. The molecule has 0 unspecified atom stereocenters. The lowest BCUT2D eigenvalue weighted by atomic mass is 10.1. The van der Waals surface area contributed by atoms with Gasteiger partial charge >= 0.3 is 0 Å². The van der Waals surface area contributed by atoms with Gasteiger partial charge in [0, 0.05) is 24.3 Å². The molecule has 118 valence electrons. The molecule has 2 aromatic carbocycles. The molecule has 0 saturated carbocycles. The van der Waals surface area contributed by atoms with E-state index in [0.29, 0.717) is 0 Å². The Morgan fingerprint density at radius 3 is 2.33 bits per heavy atom. The first kappa shape index (κ1) is 14.5. The maximum Gasteiger partial charge on any atom is 0.105 e. The molecule has 0 aliphatic heterocycles. The highest BCUT2D eigenvalue weighted by Gasteiger charge is 2.04. The molecule has 0 atom stereocenters. The number of aromatic nitrogens is 4. The molecule has 4 heteroatoms. The highest BCUT2D eigenvalue weighted by atomic mass is 15.1. The Labute approximate surface area is 141 Å². The summed E-state index contributed by atoms with van der Waals surface area (Å²) < 4.78 is 4.14. The van der Waals surface area contributed by atoms with Crippen LogP contribution in [-0.2, 0) is 6.54 Å². The summed E-state index contributed by atoms with van der Waals surface area (Å²) in [6.07, 6.45) is 7.72. The highest BCUT2D eigenvalue weighted by Crippen LogP contribution is 2.20. The molecule has 0 spiro atoms. The topological polar surface area (TPSA) is 35.6 Å². The van der Waals surface area contributed by atoms with Crippen LogP contribution in [0.1, 0.15) is 11.5 Å². The number of hydrogen-bond donors (Lipinski definition) is 0. The summed E-state index contributed by atoms with van der Waals surface area (Å²) in [4.78, 5) is 8.75. The third-order valence-electron chi connectivity index (χ3n) is 4.16. The van der Waals surface area contributed by atoms with Crippen molar-refractivity contribution in [3.05, 3.63) is 91.0 Å². The van der Waals surface area contributed by atoms with Crippen molar-refractivity contribution in [3.63, 3.8) is 0 Å². The molecule has 0 bridgehead atoms. The van der Waals surface area contributed by atoms with E-state index in [0.717, 1.165) is 23.8 Å². The van der Waals surface area contributed by atoms with E-state index in [1.54, 1.807) is 0 Å². The summed E-state index contributed by atoms with van der Waals surface area (Å²) in [5, 5.41) is 0. The van der Waals surface area contributed by atoms with Crippen LogP contribution in [0.2, 0.25) is 0 Å². The fourth-order valence-corrected chi connectivity index (χ4v) is 2.79. The van der Waals surface area contributed by atoms with E-state index in [2.05, 4.69) is 73.8 Å². The molecule has 0 aliphatic carbocycles. The van der Waals surface area contributed by atoms with E-state index in [1.807, 2.05) is 31.7 Å². The van der Waals surface area contributed by atoms with Crippen LogP contribution < -0.4 is 0 Å². The second-order valence-electron chi connectivity index (χ2n) is 5.79. The fraction of sp³-hybridized carbons (Fsp3) is 0.100. The van der Waals surface area contributed by atoms with Crippen LogP contribution in [0.3, 0.4) is 0 Å². The molecule has 4 aromatic rings.